The summed E-state index contributed by atoms with van der Waals surface area (Å²) in [5, 5.41) is 10.8. The molecule has 4 fully saturated rings. The Kier molecular flexibility index (Phi) is 5.08. The monoisotopic (exact) mass is 515 g/mol. The maximum atomic E-state index is 14.4. The molecule has 2 bridgehead atoms. The van der Waals surface area contributed by atoms with Crippen molar-refractivity contribution < 1.29 is 19.4 Å². The maximum Gasteiger partial charge on any atom is 0.410 e. The number of ether oxygens (including phenoxy) is 1. The van der Waals surface area contributed by atoms with E-state index in [0.717, 1.165) is 62.6 Å². The first-order valence-corrected chi connectivity index (χ1v) is 14.8. The normalized spacial score (nSPS) is 46.4. The standard InChI is InChI=1S/C33H41NO4/c1-4-18-34-21-32(38-28(34)37)15-12-26-30(32,3)14-11-25-29(2)13-10-23(35)19-31(29)16-17-33(25,26)24(20-31)27(36)22-8-6-5-7-9-22/h5-9,16-17,20,23,25-26,35H,4,10-15,18-19,21H2,1-3H3. The Morgan fingerprint density at radius 1 is 1.03 bits per heavy atom. The van der Waals surface area contributed by atoms with Crippen LogP contribution in [0.2, 0.25) is 0 Å². The van der Waals surface area contributed by atoms with Crippen molar-refractivity contribution in [1.82, 2.24) is 4.90 Å². The van der Waals surface area contributed by atoms with Crippen LogP contribution in [-0.2, 0) is 4.74 Å². The molecule has 1 N–H and O–H groups in total. The predicted octanol–water partition coefficient (Wildman–Crippen LogP) is 6.33. The van der Waals surface area contributed by atoms with Crippen molar-refractivity contribution in [3.63, 3.8) is 0 Å². The van der Waals surface area contributed by atoms with Gasteiger partial charge in [0.2, 0.25) is 0 Å². The van der Waals surface area contributed by atoms with Crippen LogP contribution in [0.4, 0.5) is 4.79 Å². The molecule has 202 valence electrons. The fraction of sp³-hybridized carbons (Fsp3) is 0.636. The number of carbonyl (C=O) groups excluding carboxylic acids is 2. The van der Waals surface area contributed by atoms with Gasteiger partial charge in [-0.25, -0.2) is 4.79 Å². The Hall–Kier alpha value is -2.40. The van der Waals surface area contributed by atoms with Gasteiger partial charge in [0.1, 0.15) is 5.60 Å². The maximum absolute atomic E-state index is 14.4. The first-order valence-electron chi connectivity index (χ1n) is 14.8. The number of hydrogen-bond donors (Lipinski definition) is 1. The van der Waals surface area contributed by atoms with E-state index in [1.54, 1.807) is 0 Å². The highest BCUT2D eigenvalue weighted by Crippen LogP contribution is 2.79. The number of ketones is 1. The van der Waals surface area contributed by atoms with E-state index in [2.05, 4.69) is 39.0 Å². The van der Waals surface area contributed by atoms with Crippen LogP contribution in [0.25, 0.3) is 0 Å². The number of hydrogen-bond acceptors (Lipinski definition) is 4. The Morgan fingerprint density at radius 2 is 1.74 bits per heavy atom. The Balaban J connectivity index is 1.39. The van der Waals surface area contributed by atoms with Crippen LogP contribution in [0.3, 0.4) is 0 Å². The van der Waals surface area contributed by atoms with Crippen LogP contribution in [0.5, 0.6) is 0 Å². The van der Waals surface area contributed by atoms with Crippen molar-refractivity contribution in [1.29, 1.82) is 0 Å². The number of aliphatic hydroxyl groups is 1. The molecule has 3 spiro atoms. The number of amides is 1. The summed E-state index contributed by atoms with van der Waals surface area (Å²) >= 11 is 0. The second-order valence-electron chi connectivity index (χ2n) is 13.8. The minimum Gasteiger partial charge on any atom is -0.440 e. The largest absolute Gasteiger partial charge is 0.440 e. The summed E-state index contributed by atoms with van der Waals surface area (Å²) in [6.45, 7) is 8.30. The van der Waals surface area contributed by atoms with Crippen molar-refractivity contribution in [2.24, 2.45) is 33.5 Å². The highest BCUT2D eigenvalue weighted by atomic mass is 16.6. The molecule has 5 nitrogen and oxygen atoms in total. The predicted molar refractivity (Wildman–Crippen MR) is 145 cm³/mol. The lowest BCUT2D eigenvalue weighted by atomic mass is 9.32. The topological polar surface area (TPSA) is 66.8 Å². The fourth-order valence-electron chi connectivity index (χ4n) is 10.6. The molecule has 1 amide bonds. The molecule has 0 aromatic heterocycles. The highest BCUT2D eigenvalue weighted by molar-refractivity contribution is 6.10. The molecule has 5 heteroatoms. The van der Waals surface area contributed by atoms with Crippen molar-refractivity contribution in [3.05, 3.63) is 59.7 Å². The van der Waals surface area contributed by atoms with E-state index in [-0.39, 0.29) is 45.6 Å². The minimum absolute atomic E-state index is 0.000863. The molecule has 1 aliphatic heterocycles. The van der Waals surface area contributed by atoms with E-state index in [1.165, 1.54) is 0 Å². The lowest BCUT2D eigenvalue weighted by Gasteiger charge is -2.71. The minimum atomic E-state index is -0.492. The first-order chi connectivity index (χ1) is 18.1. The average molecular weight is 516 g/mol. The van der Waals surface area contributed by atoms with Gasteiger partial charge in [-0.2, -0.15) is 0 Å². The number of Topliss-reactive ketones (excluding diaryl/α,β-unsaturated/α-hetero) is 1. The molecule has 1 aromatic carbocycles. The average Bonchev–Trinajstić information content (AvgIpc) is 3.39. The van der Waals surface area contributed by atoms with Gasteiger partial charge in [0.15, 0.2) is 5.78 Å². The summed E-state index contributed by atoms with van der Waals surface area (Å²) in [6, 6.07) is 9.73. The lowest BCUT2D eigenvalue weighted by Crippen LogP contribution is -2.67. The van der Waals surface area contributed by atoms with E-state index in [0.29, 0.717) is 18.9 Å². The third kappa shape index (κ3) is 2.77. The van der Waals surface area contributed by atoms with Gasteiger partial charge in [0.25, 0.3) is 0 Å². The van der Waals surface area contributed by atoms with Crippen molar-refractivity contribution in [3.8, 4) is 0 Å². The summed E-state index contributed by atoms with van der Waals surface area (Å²) in [5.41, 5.74) is 0.303. The van der Waals surface area contributed by atoms with E-state index < -0.39 is 5.60 Å². The first kappa shape index (κ1) is 24.6. The second-order valence-corrected chi connectivity index (χ2v) is 13.8. The number of carbonyl (C=O) groups is 2. The van der Waals surface area contributed by atoms with E-state index >= 15 is 0 Å². The molecule has 8 atom stereocenters. The highest BCUT2D eigenvalue weighted by Gasteiger charge is 2.76. The molecule has 0 radical (unpaired) electrons. The van der Waals surface area contributed by atoms with Crippen molar-refractivity contribution in [2.75, 3.05) is 13.1 Å². The Bertz CT molecular complexity index is 1250. The molecule has 38 heavy (non-hydrogen) atoms. The molecule has 8 unspecified atom stereocenters. The van der Waals surface area contributed by atoms with Crippen molar-refractivity contribution >= 4 is 11.9 Å². The van der Waals surface area contributed by atoms with Gasteiger partial charge in [0, 0.05) is 33.9 Å². The van der Waals surface area contributed by atoms with Gasteiger partial charge in [-0.1, -0.05) is 69.3 Å². The van der Waals surface area contributed by atoms with Gasteiger partial charge in [-0.15, -0.1) is 0 Å². The van der Waals surface area contributed by atoms with Crippen LogP contribution in [0.1, 0.15) is 82.5 Å². The lowest BCUT2D eigenvalue weighted by molar-refractivity contribution is -0.164. The molecule has 1 saturated heterocycles. The van der Waals surface area contributed by atoms with Crippen LogP contribution in [-0.4, -0.2) is 46.7 Å². The molecular weight excluding hydrogens is 474 g/mol. The quantitative estimate of drug-likeness (QED) is 0.376. The number of aliphatic hydroxyl groups excluding tert-OH is 1. The molecule has 6 aliphatic carbocycles. The number of nitrogens with zero attached hydrogens (tertiary/aromatic N) is 1. The molecule has 8 rings (SSSR count). The number of allylic oxidation sites excluding steroid dienone is 4. The molecular formula is C33H41NO4. The summed E-state index contributed by atoms with van der Waals surface area (Å²) in [7, 11) is 0. The van der Waals surface area contributed by atoms with E-state index in [1.807, 2.05) is 35.2 Å². The molecule has 1 aromatic rings. The summed E-state index contributed by atoms with van der Waals surface area (Å²) < 4.78 is 6.38. The fourth-order valence-corrected chi connectivity index (χ4v) is 10.6. The summed E-state index contributed by atoms with van der Waals surface area (Å²) in [6.07, 6.45) is 13.8. The van der Waals surface area contributed by atoms with Gasteiger partial charge in [-0.05, 0) is 68.6 Å². The van der Waals surface area contributed by atoms with Crippen molar-refractivity contribution in [2.45, 2.75) is 83.8 Å². The van der Waals surface area contributed by atoms with Crippen LogP contribution in [0, 0.1) is 33.5 Å². The zero-order chi connectivity index (χ0) is 26.6. The Morgan fingerprint density at radius 3 is 2.50 bits per heavy atom. The molecule has 3 saturated carbocycles. The summed E-state index contributed by atoms with van der Waals surface area (Å²) in [5.74, 6) is 0.681. The molecule has 7 aliphatic rings. The molecule has 1 heterocycles. The van der Waals surface area contributed by atoms with Gasteiger partial charge >= 0.3 is 6.09 Å². The number of rotatable bonds is 4. The van der Waals surface area contributed by atoms with Crippen LogP contribution in [0.15, 0.2) is 54.1 Å². The smallest absolute Gasteiger partial charge is 0.410 e. The summed E-state index contributed by atoms with van der Waals surface area (Å²) in [4.78, 5) is 29.4. The van der Waals surface area contributed by atoms with E-state index in [4.69, 9.17) is 4.74 Å². The number of benzene rings is 1. The van der Waals surface area contributed by atoms with Gasteiger partial charge in [0.05, 0.1) is 12.6 Å². The second kappa shape index (κ2) is 7.84. The Labute approximate surface area is 226 Å². The zero-order valence-electron chi connectivity index (χ0n) is 23.0. The third-order valence-electron chi connectivity index (χ3n) is 12.4. The SMILES string of the molecule is CCCN1CC2(CCC3C45C=CC6(C=C4C(=O)c4ccccc4)CC(O)CCC6(C)C5CCC32C)OC1=O. The van der Waals surface area contributed by atoms with E-state index in [9.17, 15) is 14.7 Å². The van der Waals surface area contributed by atoms with Crippen LogP contribution >= 0.6 is 0 Å². The van der Waals surface area contributed by atoms with Gasteiger partial charge in [-0.3, -0.25) is 4.79 Å². The number of fused-ring (bicyclic) bond motifs is 2. The van der Waals surface area contributed by atoms with Crippen LogP contribution < -0.4 is 0 Å². The van der Waals surface area contributed by atoms with Gasteiger partial charge < -0.3 is 14.7 Å². The zero-order valence-corrected chi connectivity index (χ0v) is 23.0. The third-order valence-corrected chi connectivity index (χ3v) is 12.4.